The van der Waals surface area contributed by atoms with Gasteiger partial charge in [-0.3, -0.25) is 14.9 Å². The molecule has 0 saturated carbocycles. The van der Waals surface area contributed by atoms with Crippen molar-refractivity contribution in [3.05, 3.63) is 69.8 Å². The summed E-state index contributed by atoms with van der Waals surface area (Å²) in [6, 6.07) is 14.7. The van der Waals surface area contributed by atoms with Crippen LogP contribution in [0.4, 0.5) is 11.4 Å². The van der Waals surface area contributed by atoms with E-state index in [-0.39, 0.29) is 11.6 Å². The number of carbonyl (C=O) groups excluding carboxylic acids is 1. The summed E-state index contributed by atoms with van der Waals surface area (Å²) in [5.41, 5.74) is 2.01. The van der Waals surface area contributed by atoms with E-state index in [4.69, 9.17) is 4.74 Å². The zero-order valence-corrected chi connectivity index (χ0v) is 15.1. The van der Waals surface area contributed by atoms with E-state index in [0.29, 0.717) is 44.1 Å². The third-order valence-electron chi connectivity index (χ3n) is 4.56. The number of amides is 1. The third-order valence-corrected chi connectivity index (χ3v) is 4.56. The molecule has 3 rings (SSSR count). The highest BCUT2D eigenvalue weighted by Crippen LogP contribution is 2.29. The van der Waals surface area contributed by atoms with Gasteiger partial charge in [-0.05, 0) is 30.5 Å². The Morgan fingerprint density at radius 2 is 1.89 bits per heavy atom. The summed E-state index contributed by atoms with van der Waals surface area (Å²) >= 11 is 0. The molecule has 1 aliphatic rings. The summed E-state index contributed by atoms with van der Waals surface area (Å²) in [6.07, 6.45) is 1.68. The van der Waals surface area contributed by atoms with Gasteiger partial charge in [0.25, 0.3) is 11.6 Å². The third kappa shape index (κ3) is 5.04. The molecule has 1 heterocycles. The van der Waals surface area contributed by atoms with Gasteiger partial charge in [0.05, 0.1) is 18.1 Å². The molecule has 0 bridgehead atoms. The van der Waals surface area contributed by atoms with Crippen molar-refractivity contribution in [1.29, 1.82) is 0 Å². The van der Waals surface area contributed by atoms with Gasteiger partial charge in [0.2, 0.25) is 0 Å². The number of morpholine rings is 1. The number of carbonyl (C=O) groups is 1. The lowest BCUT2D eigenvalue weighted by molar-refractivity contribution is -0.384. The SMILES string of the molecule is O=C(NCCCc1ccccc1)c1ccc(N2CCOCC2)c([N+](=O)[O-])c1. The fourth-order valence-corrected chi connectivity index (χ4v) is 3.12. The molecular formula is C20H23N3O4. The molecule has 7 heteroatoms. The second-order valence-corrected chi connectivity index (χ2v) is 6.41. The van der Waals surface area contributed by atoms with Crippen LogP contribution < -0.4 is 10.2 Å². The van der Waals surface area contributed by atoms with Crippen LogP contribution in [0, 0.1) is 10.1 Å². The summed E-state index contributed by atoms with van der Waals surface area (Å²) in [5, 5.41) is 14.3. The van der Waals surface area contributed by atoms with Gasteiger partial charge in [-0.1, -0.05) is 30.3 Å². The molecule has 1 saturated heterocycles. The van der Waals surface area contributed by atoms with Gasteiger partial charge in [0.1, 0.15) is 5.69 Å². The molecule has 1 fully saturated rings. The number of nitro benzene ring substituents is 1. The van der Waals surface area contributed by atoms with Crippen molar-refractivity contribution in [3.8, 4) is 0 Å². The molecule has 1 N–H and O–H groups in total. The Morgan fingerprint density at radius 1 is 1.15 bits per heavy atom. The van der Waals surface area contributed by atoms with E-state index in [0.717, 1.165) is 12.8 Å². The number of nitrogens with one attached hydrogen (secondary N) is 1. The molecule has 0 spiro atoms. The first-order chi connectivity index (χ1) is 13.1. The van der Waals surface area contributed by atoms with E-state index in [1.165, 1.54) is 11.6 Å². The van der Waals surface area contributed by atoms with Crippen molar-refractivity contribution in [1.82, 2.24) is 5.32 Å². The van der Waals surface area contributed by atoms with Gasteiger partial charge in [-0.2, -0.15) is 0 Å². The Morgan fingerprint density at radius 3 is 2.59 bits per heavy atom. The number of hydrogen-bond acceptors (Lipinski definition) is 5. The van der Waals surface area contributed by atoms with Crippen LogP contribution in [0.5, 0.6) is 0 Å². The van der Waals surface area contributed by atoms with Crippen molar-refractivity contribution in [3.63, 3.8) is 0 Å². The highest BCUT2D eigenvalue weighted by molar-refractivity contribution is 5.95. The minimum atomic E-state index is -0.434. The van der Waals surface area contributed by atoms with Crippen LogP contribution in [0.2, 0.25) is 0 Å². The molecule has 142 valence electrons. The van der Waals surface area contributed by atoms with Gasteiger partial charge >= 0.3 is 0 Å². The first-order valence-electron chi connectivity index (χ1n) is 9.08. The number of aryl methyl sites for hydroxylation is 1. The number of benzene rings is 2. The van der Waals surface area contributed by atoms with E-state index >= 15 is 0 Å². The van der Waals surface area contributed by atoms with Crippen LogP contribution in [0.1, 0.15) is 22.3 Å². The van der Waals surface area contributed by atoms with Crippen LogP contribution in [-0.4, -0.2) is 43.7 Å². The largest absolute Gasteiger partial charge is 0.378 e. The number of hydrogen-bond donors (Lipinski definition) is 1. The van der Waals surface area contributed by atoms with Crippen LogP contribution in [-0.2, 0) is 11.2 Å². The van der Waals surface area contributed by atoms with Crippen LogP contribution in [0.25, 0.3) is 0 Å². The molecule has 7 nitrogen and oxygen atoms in total. The summed E-state index contributed by atoms with van der Waals surface area (Å²) < 4.78 is 5.29. The van der Waals surface area contributed by atoms with Gasteiger partial charge in [0, 0.05) is 31.3 Å². The van der Waals surface area contributed by atoms with Crippen molar-refractivity contribution in [2.75, 3.05) is 37.7 Å². The Balaban J connectivity index is 1.60. The smallest absolute Gasteiger partial charge is 0.293 e. The lowest BCUT2D eigenvalue weighted by Gasteiger charge is -2.28. The Kier molecular flexibility index (Phi) is 6.38. The zero-order chi connectivity index (χ0) is 19.1. The van der Waals surface area contributed by atoms with E-state index in [1.54, 1.807) is 12.1 Å². The van der Waals surface area contributed by atoms with Gasteiger partial charge in [0.15, 0.2) is 0 Å². The fourth-order valence-electron chi connectivity index (χ4n) is 3.12. The predicted molar refractivity (Wildman–Crippen MR) is 103 cm³/mol. The van der Waals surface area contributed by atoms with E-state index in [9.17, 15) is 14.9 Å². The zero-order valence-electron chi connectivity index (χ0n) is 15.1. The summed E-state index contributed by atoms with van der Waals surface area (Å²) in [5.74, 6) is -0.292. The number of rotatable bonds is 7. The standard InChI is InChI=1S/C20H23N3O4/c24-20(21-10-4-7-16-5-2-1-3-6-16)17-8-9-18(19(15-17)23(25)26)22-11-13-27-14-12-22/h1-3,5-6,8-9,15H,4,7,10-14H2,(H,21,24). The average Bonchev–Trinajstić information content (AvgIpc) is 2.72. The van der Waals surface area contributed by atoms with E-state index in [1.807, 2.05) is 23.1 Å². The van der Waals surface area contributed by atoms with Crippen molar-refractivity contribution in [2.45, 2.75) is 12.8 Å². The first-order valence-corrected chi connectivity index (χ1v) is 9.08. The Labute approximate surface area is 158 Å². The Bertz CT molecular complexity index is 789. The highest BCUT2D eigenvalue weighted by atomic mass is 16.6. The molecule has 0 unspecified atom stereocenters. The highest BCUT2D eigenvalue weighted by Gasteiger charge is 2.23. The maximum atomic E-state index is 12.4. The normalized spacial score (nSPS) is 14.0. The Hall–Kier alpha value is -2.93. The molecule has 0 radical (unpaired) electrons. The number of nitrogens with zero attached hydrogens (tertiary/aromatic N) is 2. The summed E-state index contributed by atoms with van der Waals surface area (Å²) in [4.78, 5) is 25.3. The number of ether oxygens (including phenoxy) is 1. The minimum absolute atomic E-state index is 0.0474. The van der Waals surface area contributed by atoms with Gasteiger partial charge < -0.3 is 15.0 Å². The molecule has 0 atom stereocenters. The lowest BCUT2D eigenvalue weighted by Crippen LogP contribution is -2.36. The first kappa shape index (κ1) is 18.8. The summed E-state index contributed by atoms with van der Waals surface area (Å²) in [6.45, 7) is 2.81. The van der Waals surface area contributed by atoms with Crippen molar-refractivity contribution < 1.29 is 14.5 Å². The fraction of sp³-hybridized carbons (Fsp3) is 0.350. The predicted octanol–water partition coefficient (Wildman–Crippen LogP) is 2.79. The average molecular weight is 369 g/mol. The van der Waals surface area contributed by atoms with Gasteiger partial charge in [-0.25, -0.2) is 0 Å². The van der Waals surface area contributed by atoms with Crippen molar-refractivity contribution >= 4 is 17.3 Å². The molecule has 27 heavy (non-hydrogen) atoms. The maximum absolute atomic E-state index is 12.4. The molecule has 1 aliphatic heterocycles. The maximum Gasteiger partial charge on any atom is 0.293 e. The van der Waals surface area contributed by atoms with E-state index < -0.39 is 4.92 Å². The molecule has 0 aliphatic carbocycles. The quantitative estimate of drug-likeness (QED) is 0.461. The van der Waals surface area contributed by atoms with E-state index in [2.05, 4.69) is 17.4 Å². The van der Waals surface area contributed by atoms with Crippen LogP contribution in [0.3, 0.4) is 0 Å². The summed E-state index contributed by atoms with van der Waals surface area (Å²) in [7, 11) is 0. The molecular weight excluding hydrogens is 346 g/mol. The number of nitro groups is 1. The van der Waals surface area contributed by atoms with Crippen LogP contribution >= 0.6 is 0 Å². The molecule has 0 aromatic heterocycles. The molecule has 2 aromatic rings. The lowest BCUT2D eigenvalue weighted by atomic mass is 10.1. The topological polar surface area (TPSA) is 84.7 Å². The van der Waals surface area contributed by atoms with Crippen LogP contribution in [0.15, 0.2) is 48.5 Å². The second kappa shape index (κ2) is 9.14. The van der Waals surface area contributed by atoms with Gasteiger partial charge in [-0.15, -0.1) is 0 Å². The number of anilines is 1. The molecule has 2 aromatic carbocycles. The monoisotopic (exact) mass is 369 g/mol. The molecule has 1 amide bonds. The second-order valence-electron chi connectivity index (χ2n) is 6.41. The van der Waals surface area contributed by atoms with Crippen molar-refractivity contribution in [2.24, 2.45) is 0 Å². The minimum Gasteiger partial charge on any atom is -0.378 e.